The first kappa shape index (κ1) is 19.6. The van der Waals surface area contributed by atoms with Crippen LogP contribution in [0.2, 0.25) is 0 Å². The number of amides is 1. The zero-order valence-corrected chi connectivity index (χ0v) is 18.3. The predicted molar refractivity (Wildman–Crippen MR) is 122 cm³/mol. The fraction of sp³-hybridized carbons (Fsp3) is 0.407. The van der Waals surface area contributed by atoms with Crippen molar-refractivity contribution in [2.75, 3.05) is 7.11 Å². The van der Waals surface area contributed by atoms with Gasteiger partial charge < -0.3 is 14.6 Å². The summed E-state index contributed by atoms with van der Waals surface area (Å²) in [5, 5.41) is 7.46. The first-order valence-electron chi connectivity index (χ1n) is 11.6. The molecule has 4 saturated carbocycles. The summed E-state index contributed by atoms with van der Waals surface area (Å²) in [6, 6.07) is 17.8. The summed E-state index contributed by atoms with van der Waals surface area (Å²) in [5.41, 5.74) is 3.48. The van der Waals surface area contributed by atoms with Crippen LogP contribution >= 0.6 is 0 Å². The highest BCUT2D eigenvalue weighted by molar-refractivity contribution is 5.93. The maximum absolute atomic E-state index is 13.0. The van der Waals surface area contributed by atoms with E-state index < -0.39 is 0 Å². The predicted octanol–water partition coefficient (Wildman–Crippen LogP) is 5.72. The summed E-state index contributed by atoms with van der Waals surface area (Å²) >= 11 is 0. The lowest BCUT2D eigenvalue weighted by molar-refractivity contribution is -0.0168. The molecule has 1 aromatic heterocycles. The van der Waals surface area contributed by atoms with Gasteiger partial charge in [-0.25, -0.2) is 0 Å². The standard InChI is InChI=1S/C27H28N2O3/c1-31-23-8-6-21(7-9-23)20-2-4-22(5-3-20)25-13-24(29-32-25)26(30)28-27-14-17-10-18(15-27)12-19(11-17)16-27/h2-9,13,17-19H,10-12,14-16H2,1H3,(H,28,30). The van der Waals surface area contributed by atoms with E-state index in [1.54, 1.807) is 13.2 Å². The van der Waals surface area contributed by atoms with Crippen LogP contribution in [0.1, 0.15) is 49.0 Å². The Kier molecular flexibility index (Phi) is 4.60. The van der Waals surface area contributed by atoms with Gasteiger partial charge in [-0.05, 0) is 79.5 Å². The number of aromatic nitrogens is 1. The fourth-order valence-electron chi connectivity index (χ4n) is 6.70. The maximum Gasteiger partial charge on any atom is 0.273 e. The van der Waals surface area contributed by atoms with Crippen molar-refractivity contribution >= 4 is 5.91 Å². The second kappa shape index (κ2) is 7.51. The molecule has 1 amide bonds. The van der Waals surface area contributed by atoms with E-state index in [2.05, 4.69) is 22.6 Å². The monoisotopic (exact) mass is 428 g/mol. The van der Waals surface area contributed by atoms with Gasteiger partial charge in [0.2, 0.25) is 0 Å². The number of benzene rings is 2. The number of carbonyl (C=O) groups is 1. The molecular formula is C27H28N2O3. The van der Waals surface area contributed by atoms with E-state index in [-0.39, 0.29) is 11.4 Å². The van der Waals surface area contributed by atoms with Crippen LogP contribution in [0.4, 0.5) is 0 Å². The molecule has 164 valence electrons. The largest absolute Gasteiger partial charge is 0.497 e. The van der Waals surface area contributed by atoms with Crippen molar-refractivity contribution in [2.24, 2.45) is 17.8 Å². The van der Waals surface area contributed by atoms with Crippen LogP contribution in [0.5, 0.6) is 5.75 Å². The smallest absolute Gasteiger partial charge is 0.273 e. The average molecular weight is 429 g/mol. The van der Waals surface area contributed by atoms with E-state index >= 15 is 0 Å². The van der Waals surface area contributed by atoms with Crippen LogP contribution in [-0.4, -0.2) is 23.7 Å². The van der Waals surface area contributed by atoms with E-state index in [1.807, 2.05) is 36.4 Å². The number of hydrogen-bond acceptors (Lipinski definition) is 4. The van der Waals surface area contributed by atoms with Crippen LogP contribution in [-0.2, 0) is 0 Å². The maximum atomic E-state index is 13.0. The molecule has 0 unspecified atom stereocenters. The number of rotatable bonds is 5. The molecule has 4 fully saturated rings. The van der Waals surface area contributed by atoms with Gasteiger partial charge in [0.25, 0.3) is 5.91 Å². The highest BCUT2D eigenvalue weighted by Crippen LogP contribution is 2.55. The number of ether oxygens (including phenoxy) is 1. The number of nitrogens with zero attached hydrogens (tertiary/aromatic N) is 1. The highest BCUT2D eigenvalue weighted by atomic mass is 16.5. The second-order valence-electron chi connectivity index (χ2n) is 10.0. The minimum absolute atomic E-state index is 0.0229. The van der Waals surface area contributed by atoms with E-state index in [9.17, 15) is 4.79 Å². The van der Waals surface area contributed by atoms with Crippen molar-refractivity contribution < 1.29 is 14.1 Å². The van der Waals surface area contributed by atoms with Crippen LogP contribution in [0.3, 0.4) is 0 Å². The summed E-state index contributed by atoms with van der Waals surface area (Å²) in [6.45, 7) is 0. The van der Waals surface area contributed by atoms with Crippen LogP contribution in [0.25, 0.3) is 22.5 Å². The lowest BCUT2D eigenvalue weighted by Gasteiger charge is -2.56. The SMILES string of the molecule is COc1ccc(-c2ccc(-c3cc(C(=O)NC45CC6CC(CC(C6)C4)C5)no3)cc2)cc1. The van der Waals surface area contributed by atoms with Gasteiger partial charge in [0.15, 0.2) is 11.5 Å². The third-order valence-electron chi connectivity index (χ3n) is 7.75. The molecule has 0 saturated heterocycles. The lowest BCUT2D eigenvalue weighted by atomic mass is 9.53. The Hall–Kier alpha value is -3.08. The zero-order valence-electron chi connectivity index (χ0n) is 18.3. The van der Waals surface area contributed by atoms with Gasteiger partial charge in [-0.1, -0.05) is 41.6 Å². The van der Waals surface area contributed by atoms with Gasteiger partial charge in [0.1, 0.15) is 5.75 Å². The molecule has 5 nitrogen and oxygen atoms in total. The van der Waals surface area contributed by atoms with Crippen LogP contribution < -0.4 is 10.1 Å². The Morgan fingerprint density at radius 1 is 0.906 bits per heavy atom. The molecule has 4 aliphatic carbocycles. The van der Waals surface area contributed by atoms with E-state index in [0.29, 0.717) is 11.5 Å². The Bertz CT molecular complexity index is 1100. The molecule has 0 aliphatic heterocycles. The van der Waals surface area contributed by atoms with Gasteiger partial charge >= 0.3 is 0 Å². The lowest BCUT2D eigenvalue weighted by Crippen LogP contribution is -2.59. The molecule has 7 rings (SSSR count). The Morgan fingerprint density at radius 2 is 1.44 bits per heavy atom. The summed E-state index contributed by atoms with van der Waals surface area (Å²) in [7, 11) is 1.67. The van der Waals surface area contributed by atoms with Gasteiger partial charge in [-0.2, -0.15) is 0 Å². The molecule has 0 radical (unpaired) electrons. The molecule has 1 N–H and O–H groups in total. The van der Waals surface area contributed by atoms with Crippen molar-refractivity contribution in [1.29, 1.82) is 0 Å². The third kappa shape index (κ3) is 3.50. The number of carbonyl (C=O) groups excluding carboxylic acids is 1. The molecule has 5 heteroatoms. The van der Waals surface area contributed by atoms with Crippen molar-refractivity contribution in [3.63, 3.8) is 0 Å². The molecule has 1 heterocycles. The Labute approximate surface area is 188 Å². The summed E-state index contributed by atoms with van der Waals surface area (Å²) in [6.07, 6.45) is 7.45. The quantitative estimate of drug-likeness (QED) is 0.565. The first-order chi connectivity index (χ1) is 15.6. The van der Waals surface area contributed by atoms with Crippen LogP contribution in [0.15, 0.2) is 59.1 Å². The van der Waals surface area contributed by atoms with Gasteiger partial charge in [0.05, 0.1) is 7.11 Å². The second-order valence-corrected chi connectivity index (χ2v) is 10.0. The van der Waals surface area contributed by atoms with Crippen molar-refractivity contribution in [3.8, 4) is 28.2 Å². The highest BCUT2D eigenvalue weighted by Gasteiger charge is 2.51. The molecule has 3 aromatic rings. The van der Waals surface area contributed by atoms with Crippen molar-refractivity contribution in [3.05, 3.63) is 60.3 Å². The normalized spacial score (nSPS) is 28.0. The zero-order chi connectivity index (χ0) is 21.7. The van der Waals surface area contributed by atoms with Crippen LogP contribution in [0, 0.1) is 17.8 Å². The van der Waals surface area contributed by atoms with Crippen molar-refractivity contribution in [2.45, 2.75) is 44.1 Å². The van der Waals surface area contributed by atoms with E-state index in [1.165, 1.54) is 19.3 Å². The molecule has 32 heavy (non-hydrogen) atoms. The average Bonchev–Trinajstić information content (AvgIpc) is 3.29. The molecule has 2 aromatic carbocycles. The van der Waals surface area contributed by atoms with Gasteiger partial charge in [-0.3, -0.25) is 4.79 Å². The minimum Gasteiger partial charge on any atom is -0.497 e. The Morgan fingerprint density at radius 3 is 2.00 bits per heavy atom. The summed E-state index contributed by atoms with van der Waals surface area (Å²) < 4.78 is 10.8. The molecule has 0 atom stereocenters. The number of hydrogen-bond donors (Lipinski definition) is 1. The number of nitrogens with one attached hydrogen (secondary N) is 1. The molecule has 0 spiro atoms. The number of methoxy groups -OCH3 is 1. The first-order valence-corrected chi connectivity index (χ1v) is 11.6. The minimum atomic E-state index is -0.100. The van der Waals surface area contributed by atoms with E-state index in [0.717, 1.165) is 59.5 Å². The summed E-state index contributed by atoms with van der Waals surface area (Å²) in [4.78, 5) is 13.0. The van der Waals surface area contributed by atoms with E-state index in [4.69, 9.17) is 9.26 Å². The van der Waals surface area contributed by atoms with Gasteiger partial charge in [-0.15, -0.1) is 0 Å². The fourth-order valence-corrected chi connectivity index (χ4v) is 6.70. The van der Waals surface area contributed by atoms with Gasteiger partial charge in [0, 0.05) is 17.2 Å². The molecule has 4 bridgehead atoms. The Balaban J connectivity index is 1.16. The topological polar surface area (TPSA) is 64.4 Å². The molecular weight excluding hydrogens is 400 g/mol. The molecule has 4 aliphatic rings. The third-order valence-corrected chi connectivity index (χ3v) is 7.75. The summed E-state index contributed by atoms with van der Waals surface area (Å²) in [5.74, 6) is 3.72. The van der Waals surface area contributed by atoms with Crippen molar-refractivity contribution in [1.82, 2.24) is 10.5 Å².